The molecule has 0 radical (unpaired) electrons. The van der Waals surface area contributed by atoms with E-state index in [-0.39, 0.29) is 0 Å². The lowest BCUT2D eigenvalue weighted by molar-refractivity contribution is -0.122. The van der Waals surface area contributed by atoms with Crippen molar-refractivity contribution in [3.63, 3.8) is 0 Å². The second-order valence-corrected chi connectivity index (χ2v) is 9.98. The normalized spacial score (nSPS) is 21.2. The van der Waals surface area contributed by atoms with Crippen molar-refractivity contribution in [2.45, 2.75) is 18.9 Å². The Bertz CT molecular complexity index is 1520. The third-order valence-electron chi connectivity index (χ3n) is 7.18. The number of hydrogen-bond donors (Lipinski definition) is 2. The van der Waals surface area contributed by atoms with Crippen LogP contribution >= 0.6 is 11.3 Å². The first kappa shape index (κ1) is 19.9. The molecule has 3 aliphatic rings. The summed E-state index contributed by atoms with van der Waals surface area (Å²) in [6.07, 6.45) is 4.22. The molecule has 2 amide bonds. The average molecular weight is 471 g/mol. The molecule has 6 heterocycles. The topological polar surface area (TPSA) is 94.2 Å². The maximum atomic E-state index is 13.2. The Labute approximate surface area is 199 Å². The Morgan fingerprint density at radius 2 is 1.88 bits per heavy atom. The first-order valence-corrected chi connectivity index (χ1v) is 12.5. The van der Waals surface area contributed by atoms with E-state index >= 15 is 0 Å². The van der Waals surface area contributed by atoms with E-state index < -0.39 is 11.8 Å². The molecule has 0 aliphatic carbocycles. The van der Waals surface area contributed by atoms with Gasteiger partial charge in [0.2, 0.25) is 5.95 Å². The lowest BCUT2D eigenvalue weighted by atomic mass is 9.99. The minimum atomic E-state index is -0.415. The summed E-state index contributed by atoms with van der Waals surface area (Å²) in [5.41, 5.74) is 3.64. The molecular weight excluding hydrogens is 448 g/mol. The minimum absolute atomic E-state index is 0.318. The number of carbonyl (C=O) groups is 2. The van der Waals surface area contributed by atoms with Gasteiger partial charge in [0.05, 0.1) is 32.6 Å². The fourth-order valence-corrected chi connectivity index (χ4v) is 6.42. The molecule has 34 heavy (non-hydrogen) atoms. The summed E-state index contributed by atoms with van der Waals surface area (Å²) in [5.74, 6) is -0.186. The van der Waals surface area contributed by atoms with Gasteiger partial charge in [0.25, 0.3) is 11.8 Å². The molecule has 2 saturated heterocycles. The van der Waals surface area contributed by atoms with Crippen LogP contribution in [0.15, 0.2) is 41.9 Å². The number of carbonyl (C=O) groups excluding carboxylic acids is 2. The number of para-hydroxylation sites is 1. The number of rotatable bonds is 3. The number of thiophene rings is 1. The molecule has 170 valence electrons. The predicted octanol–water partition coefficient (Wildman–Crippen LogP) is 3.02. The molecule has 3 aromatic heterocycles. The Kier molecular flexibility index (Phi) is 4.37. The average Bonchev–Trinajstić information content (AvgIpc) is 3.62. The van der Waals surface area contributed by atoms with E-state index in [2.05, 4.69) is 20.1 Å². The Morgan fingerprint density at radius 1 is 1.00 bits per heavy atom. The van der Waals surface area contributed by atoms with Crippen molar-refractivity contribution in [3.05, 3.63) is 53.2 Å². The molecule has 2 fully saturated rings. The number of H-pyrrole nitrogens is 1. The largest absolute Gasteiger partial charge is 0.360 e. The number of nitrogens with zero attached hydrogens (tertiary/aromatic N) is 4. The summed E-state index contributed by atoms with van der Waals surface area (Å²) in [6, 6.07) is 10.2. The summed E-state index contributed by atoms with van der Waals surface area (Å²) >= 11 is 1.54. The van der Waals surface area contributed by atoms with E-state index in [1.54, 1.807) is 17.5 Å². The fraction of sp³-hybridized carbons (Fsp3) is 0.280. The number of fused-ring (bicyclic) bond motifs is 3. The summed E-state index contributed by atoms with van der Waals surface area (Å²) in [4.78, 5) is 44.0. The summed E-state index contributed by atoms with van der Waals surface area (Å²) in [7, 11) is 0. The van der Waals surface area contributed by atoms with Crippen LogP contribution in [0.4, 0.5) is 5.95 Å². The number of aromatic nitrogens is 3. The van der Waals surface area contributed by atoms with Crippen molar-refractivity contribution < 1.29 is 9.59 Å². The van der Waals surface area contributed by atoms with E-state index in [9.17, 15) is 9.59 Å². The predicted molar refractivity (Wildman–Crippen MR) is 132 cm³/mol. The zero-order valence-electron chi connectivity index (χ0n) is 18.4. The zero-order valence-corrected chi connectivity index (χ0v) is 19.2. The molecule has 8 nitrogen and oxygen atoms in total. The van der Waals surface area contributed by atoms with Crippen molar-refractivity contribution >= 4 is 61.4 Å². The maximum Gasteiger partial charge on any atom is 0.261 e. The van der Waals surface area contributed by atoms with Crippen LogP contribution < -0.4 is 10.2 Å². The van der Waals surface area contributed by atoms with Gasteiger partial charge in [0.15, 0.2) is 0 Å². The van der Waals surface area contributed by atoms with Gasteiger partial charge >= 0.3 is 0 Å². The number of hydrogen-bond acceptors (Lipinski definition) is 7. The number of amides is 2. The van der Waals surface area contributed by atoms with Gasteiger partial charge in [-0.2, -0.15) is 0 Å². The Morgan fingerprint density at radius 3 is 2.82 bits per heavy atom. The number of anilines is 1. The van der Waals surface area contributed by atoms with E-state index in [4.69, 9.17) is 9.97 Å². The molecule has 0 bridgehead atoms. The van der Waals surface area contributed by atoms with Gasteiger partial charge in [-0.3, -0.25) is 19.8 Å². The second-order valence-electron chi connectivity index (χ2n) is 9.07. The first-order valence-electron chi connectivity index (χ1n) is 11.6. The van der Waals surface area contributed by atoms with Gasteiger partial charge < -0.3 is 9.88 Å². The van der Waals surface area contributed by atoms with E-state index in [1.807, 2.05) is 35.7 Å². The highest BCUT2D eigenvalue weighted by Gasteiger charge is 2.37. The molecule has 1 aromatic carbocycles. The van der Waals surface area contributed by atoms with Crippen LogP contribution in [0.3, 0.4) is 0 Å². The van der Waals surface area contributed by atoms with Gasteiger partial charge in [0, 0.05) is 42.8 Å². The van der Waals surface area contributed by atoms with Crippen LogP contribution in [0, 0.1) is 0 Å². The smallest absolute Gasteiger partial charge is 0.261 e. The summed E-state index contributed by atoms with van der Waals surface area (Å²) in [5, 5.41) is 5.25. The van der Waals surface area contributed by atoms with E-state index in [0.717, 1.165) is 52.9 Å². The molecule has 4 aromatic rings. The number of aromatic amines is 1. The molecule has 0 saturated carbocycles. The molecular formula is C25H22N6O2S. The number of imide groups is 1. The van der Waals surface area contributed by atoms with Gasteiger partial charge in [-0.15, -0.1) is 11.3 Å². The number of piperazine rings is 1. The standard InChI is InChI=1S/C25H22N6O2S/c32-23-19(16-12-26-18-7-11-34-22(16)18)20(24(33)29-23)21-15-5-1-2-6-17(15)27-25(28-21)31-10-9-30-8-3-4-14(30)13-31/h1-2,5-7,11-12,14,26H,3-4,8-10,13H2,(H,29,32,33)/t14-/m1/s1. The highest BCUT2D eigenvalue weighted by atomic mass is 32.1. The highest BCUT2D eigenvalue weighted by molar-refractivity contribution is 7.17. The Balaban J connectivity index is 1.43. The van der Waals surface area contributed by atoms with Crippen LogP contribution in [-0.2, 0) is 9.59 Å². The molecule has 1 atom stereocenters. The Hall–Kier alpha value is -3.56. The lowest BCUT2D eigenvalue weighted by Gasteiger charge is -2.37. The quantitative estimate of drug-likeness (QED) is 0.447. The maximum absolute atomic E-state index is 13.2. The molecule has 3 aliphatic heterocycles. The summed E-state index contributed by atoms with van der Waals surface area (Å²) < 4.78 is 0.952. The molecule has 0 spiro atoms. The lowest BCUT2D eigenvalue weighted by Crippen LogP contribution is -2.50. The van der Waals surface area contributed by atoms with Crippen molar-refractivity contribution in [1.82, 2.24) is 25.2 Å². The van der Waals surface area contributed by atoms with E-state index in [1.165, 1.54) is 12.8 Å². The van der Waals surface area contributed by atoms with Gasteiger partial charge in [-0.05, 0) is 36.9 Å². The monoisotopic (exact) mass is 470 g/mol. The third kappa shape index (κ3) is 2.93. The van der Waals surface area contributed by atoms with Gasteiger partial charge in [0.1, 0.15) is 0 Å². The van der Waals surface area contributed by atoms with Crippen molar-refractivity contribution in [2.75, 3.05) is 31.1 Å². The van der Waals surface area contributed by atoms with Crippen LogP contribution in [0.25, 0.3) is 32.3 Å². The van der Waals surface area contributed by atoms with Crippen LogP contribution in [0.5, 0.6) is 0 Å². The second kappa shape index (κ2) is 7.48. The van der Waals surface area contributed by atoms with Crippen molar-refractivity contribution in [2.24, 2.45) is 0 Å². The van der Waals surface area contributed by atoms with E-state index in [0.29, 0.717) is 28.8 Å². The first-order chi connectivity index (χ1) is 16.7. The van der Waals surface area contributed by atoms with Crippen LogP contribution in [0.2, 0.25) is 0 Å². The zero-order chi connectivity index (χ0) is 22.8. The van der Waals surface area contributed by atoms with Crippen LogP contribution in [-0.4, -0.2) is 63.9 Å². The van der Waals surface area contributed by atoms with Gasteiger partial charge in [-0.25, -0.2) is 9.97 Å². The SMILES string of the molecule is O=C1NC(=O)C(c2c[nH]c3ccsc23)=C1c1nc(N2CCN3CCC[C@@H]3C2)nc2ccccc12. The molecule has 9 heteroatoms. The molecule has 0 unspecified atom stereocenters. The number of nitrogens with one attached hydrogen (secondary N) is 2. The highest BCUT2D eigenvalue weighted by Crippen LogP contribution is 2.38. The molecule has 7 rings (SSSR count). The van der Waals surface area contributed by atoms with Crippen molar-refractivity contribution in [3.8, 4) is 0 Å². The third-order valence-corrected chi connectivity index (χ3v) is 8.13. The van der Waals surface area contributed by atoms with Gasteiger partial charge in [-0.1, -0.05) is 18.2 Å². The summed E-state index contributed by atoms with van der Waals surface area (Å²) in [6.45, 7) is 3.87. The minimum Gasteiger partial charge on any atom is -0.360 e. The molecule has 2 N–H and O–H groups in total. The van der Waals surface area contributed by atoms with Crippen LogP contribution in [0.1, 0.15) is 24.1 Å². The fourth-order valence-electron chi connectivity index (χ4n) is 5.54. The number of benzene rings is 1. The van der Waals surface area contributed by atoms with Crippen molar-refractivity contribution in [1.29, 1.82) is 0 Å².